The van der Waals surface area contributed by atoms with Crippen LogP contribution in [0.2, 0.25) is 0 Å². The van der Waals surface area contributed by atoms with E-state index in [-0.39, 0.29) is 5.60 Å². The Morgan fingerprint density at radius 2 is 2.00 bits per heavy atom. The fourth-order valence-electron chi connectivity index (χ4n) is 3.56. The molecule has 0 aliphatic heterocycles. The second-order valence-electron chi connectivity index (χ2n) is 6.32. The Kier molecular flexibility index (Phi) is 5.50. The van der Waals surface area contributed by atoms with Gasteiger partial charge in [-0.3, -0.25) is 0 Å². The second-order valence-corrected chi connectivity index (χ2v) is 6.32. The van der Waals surface area contributed by atoms with Crippen LogP contribution in [0.4, 0.5) is 0 Å². The summed E-state index contributed by atoms with van der Waals surface area (Å²) >= 11 is 0. The summed E-state index contributed by atoms with van der Waals surface area (Å²) in [4.78, 5) is 0. The van der Waals surface area contributed by atoms with Gasteiger partial charge in [0, 0.05) is 0 Å². The number of nitrogens with one attached hydrogen (secondary N) is 1. The molecule has 2 saturated carbocycles. The molecule has 0 bridgehead atoms. The topological polar surface area (TPSA) is 21.3 Å². The summed E-state index contributed by atoms with van der Waals surface area (Å²) in [5.74, 6) is 0.926. The molecule has 0 aromatic carbocycles. The van der Waals surface area contributed by atoms with Crippen LogP contribution < -0.4 is 5.32 Å². The predicted molar refractivity (Wildman–Crippen MR) is 76.9 cm³/mol. The van der Waals surface area contributed by atoms with Crippen molar-refractivity contribution in [3.63, 3.8) is 0 Å². The SMILES string of the molecule is CCNCCC1(OC2CCCC(CC)C2)CCC1. The minimum Gasteiger partial charge on any atom is -0.372 e. The van der Waals surface area contributed by atoms with Crippen molar-refractivity contribution in [3.8, 4) is 0 Å². The van der Waals surface area contributed by atoms with E-state index >= 15 is 0 Å². The Morgan fingerprint density at radius 1 is 1.17 bits per heavy atom. The maximum absolute atomic E-state index is 6.55. The van der Waals surface area contributed by atoms with Crippen LogP contribution in [0.1, 0.15) is 71.6 Å². The summed E-state index contributed by atoms with van der Waals surface area (Å²) in [6.45, 7) is 6.72. The average molecular weight is 253 g/mol. The van der Waals surface area contributed by atoms with Crippen molar-refractivity contribution in [1.82, 2.24) is 5.32 Å². The molecule has 0 amide bonds. The zero-order valence-corrected chi connectivity index (χ0v) is 12.3. The normalized spacial score (nSPS) is 31.0. The number of ether oxygens (including phenoxy) is 1. The van der Waals surface area contributed by atoms with E-state index in [0.29, 0.717) is 6.10 Å². The van der Waals surface area contributed by atoms with Gasteiger partial charge in [-0.1, -0.05) is 33.1 Å². The van der Waals surface area contributed by atoms with Crippen LogP contribution in [0.15, 0.2) is 0 Å². The van der Waals surface area contributed by atoms with Gasteiger partial charge in [0.1, 0.15) is 0 Å². The first-order valence-corrected chi connectivity index (χ1v) is 8.16. The highest BCUT2D eigenvalue weighted by Gasteiger charge is 2.40. The predicted octanol–water partition coefficient (Wildman–Crippen LogP) is 3.89. The monoisotopic (exact) mass is 253 g/mol. The summed E-state index contributed by atoms with van der Waals surface area (Å²) < 4.78 is 6.55. The molecule has 2 heteroatoms. The molecule has 0 aromatic rings. The molecule has 0 spiro atoms. The van der Waals surface area contributed by atoms with Crippen molar-refractivity contribution in [1.29, 1.82) is 0 Å². The third kappa shape index (κ3) is 3.71. The third-order valence-corrected chi connectivity index (χ3v) is 5.00. The molecule has 2 atom stereocenters. The van der Waals surface area contributed by atoms with Gasteiger partial charge in [0.2, 0.25) is 0 Å². The second kappa shape index (κ2) is 6.91. The van der Waals surface area contributed by atoms with Crippen molar-refractivity contribution >= 4 is 0 Å². The minimum atomic E-state index is 0.252. The zero-order chi connectivity index (χ0) is 12.8. The molecule has 2 aliphatic rings. The van der Waals surface area contributed by atoms with E-state index in [9.17, 15) is 0 Å². The molecule has 2 aliphatic carbocycles. The minimum absolute atomic E-state index is 0.252. The van der Waals surface area contributed by atoms with Crippen molar-refractivity contribution in [2.45, 2.75) is 83.3 Å². The summed E-state index contributed by atoms with van der Waals surface area (Å²) in [6, 6.07) is 0. The molecule has 2 unspecified atom stereocenters. The zero-order valence-electron chi connectivity index (χ0n) is 12.3. The standard InChI is InChI=1S/C16H31NO/c1-3-14-7-5-8-15(13-14)18-16(9-6-10-16)11-12-17-4-2/h14-15,17H,3-13H2,1-2H3. The van der Waals surface area contributed by atoms with Gasteiger partial charge in [0.25, 0.3) is 0 Å². The van der Waals surface area contributed by atoms with Crippen molar-refractivity contribution in [3.05, 3.63) is 0 Å². The highest BCUT2D eigenvalue weighted by molar-refractivity contribution is 4.92. The molecule has 0 saturated heterocycles. The van der Waals surface area contributed by atoms with Gasteiger partial charge in [-0.25, -0.2) is 0 Å². The molecule has 0 radical (unpaired) electrons. The van der Waals surface area contributed by atoms with E-state index in [2.05, 4.69) is 19.2 Å². The van der Waals surface area contributed by atoms with Gasteiger partial charge in [0.15, 0.2) is 0 Å². The fraction of sp³-hybridized carbons (Fsp3) is 1.00. The maximum Gasteiger partial charge on any atom is 0.0698 e. The highest BCUT2D eigenvalue weighted by atomic mass is 16.5. The average Bonchev–Trinajstić information content (AvgIpc) is 2.36. The van der Waals surface area contributed by atoms with Crippen LogP contribution in [-0.2, 0) is 4.74 Å². The Labute approximate surface area is 113 Å². The van der Waals surface area contributed by atoms with E-state index in [4.69, 9.17) is 4.74 Å². The molecule has 1 N–H and O–H groups in total. The lowest BCUT2D eigenvalue weighted by Crippen LogP contribution is -2.46. The van der Waals surface area contributed by atoms with Gasteiger partial charge in [-0.15, -0.1) is 0 Å². The van der Waals surface area contributed by atoms with Crippen molar-refractivity contribution < 1.29 is 4.74 Å². The molecule has 0 heterocycles. The van der Waals surface area contributed by atoms with Crippen molar-refractivity contribution in [2.24, 2.45) is 5.92 Å². The van der Waals surface area contributed by atoms with E-state index in [1.165, 1.54) is 57.8 Å². The van der Waals surface area contributed by atoms with E-state index in [1.807, 2.05) is 0 Å². The largest absolute Gasteiger partial charge is 0.372 e. The third-order valence-electron chi connectivity index (χ3n) is 5.00. The molecule has 2 nitrogen and oxygen atoms in total. The lowest BCUT2D eigenvalue weighted by molar-refractivity contribution is -0.155. The Balaban J connectivity index is 1.78. The van der Waals surface area contributed by atoms with E-state index in [0.717, 1.165) is 19.0 Å². The van der Waals surface area contributed by atoms with Crippen molar-refractivity contribution in [2.75, 3.05) is 13.1 Å². The summed E-state index contributed by atoms with van der Waals surface area (Å²) in [5.41, 5.74) is 0.252. The highest BCUT2D eigenvalue weighted by Crippen LogP contribution is 2.42. The van der Waals surface area contributed by atoms with Crippen LogP contribution in [0, 0.1) is 5.92 Å². The Morgan fingerprint density at radius 3 is 2.61 bits per heavy atom. The van der Waals surface area contributed by atoms with Crippen LogP contribution in [0.25, 0.3) is 0 Å². The molecule has 0 aromatic heterocycles. The maximum atomic E-state index is 6.55. The quantitative estimate of drug-likeness (QED) is 0.695. The molecular weight excluding hydrogens is 222 g/mol. The molecule has 2 fully saturated rings. The van der Waals surface area contributed by atoms with Gasteiger partial charge in [-0.05, 0) is 57.5 Å². The lowest BCUT2D eigenvalue weighted by Gasteiger charge is -2.46. The summed E-state index contributed by atoms with van der Waals surface area (Å²) in [6.07, 6.45) is 12.5. The fourth-order valence-corrected chi connectivity index (χ4v) is 3.56. The summed E-state index contributed by atoms with van der Waals surface area (Å²) in [7, 11) is 0. The first kappa shape index (κ1) is 14.3. The molecule has 18 heavy (non-hydrogen) atoms. The van der Waals surface area contributed by atoms with Crippen LogP contribution in [-0.4, -0.2) is 24.8 Å². The number of rotatable bonds is 7. The van der Waals surface area contributed by atoms with Gasteiger partial charge in [0.05, 0.1) is 11.7 Å². The summed E-state index contributed by atoms with van der Waals surface area (Å²) in [5, 5.41) is 3.45. The molecule has 106 valence electrons. The van der Waals surface area contributed by atoms with Gasteiger partial charge < -0.3 is 10.1 Å². The Bertz CT molecular complexity index is 237. The first-order valence-electron chi connectivity index (χ1n) is 8.16. The van der Waals surface area contributed by atoms with E-state index < -0.39 is 0 Å². The number of hydrogen-bond donors (Lipinski definition) is 1. The van der Waals surface area contributed by atoms with Crippen LogP contribution in [0.5, 0.6) is 0 Å². The molecular formula is C16H31NO. The van der Waals surface area contributed by atoms with Crippen LogP contribution in [0.3, 0.4) is 0 Å². The first-order chi connectivity index (χ1) is 8.78. The van der Waals surface area contributed by atoms with Crippen LogP contribution >= 0.6 is 0 Å². The lowest BCUT2D eigenvalue weighted by atomic mass is 9.76. The van der Waals surface area contributed by atoms with E-state index in [1.54, 1.807) is 0 Å². The van der Waals surface area contributed by atoms with Gasteiger partial charge >= 0.3 is 0 Å². The Hall–Kier alpha value is -0.0800. The molecule has 2 rings (SSSR count). The smallest absolute Gasteiger partial charge is 0.0698 e. The number of hydrogen-bond acceptors (Lipinski definition) is 2. The van der Waals surface area contributed by atoms with Gasteiger partial charge in [-0.2, -0.15) is 0 Å².